The Balaban J connectivity index is 1.26. The minimum absolute atomic E-state index is 0.131. The normalized spacial score (nSPS) is 10.8. The van der Waals surface area contributed by atoms with Crippen LogP contribution in [0.25, 0.3) is 11.0 Å². The molecule has 0 unspecified atom stereocenters. The lowest BCUT2D eigenvalue weighted by Crippen LogP contribution is -2.25. The van der Waals surface area contributed by atoms with Crippen molar-refractivity contribution in [2.75, 3.05) is 6.54 Å². The fraction of sp³-hybridized carbons (Fsp3) is 0.130. The van der Waals surface area contributed by atoms with E-state index < -0.39 is 0 Å². The van der Waals surface area contributed by atoms with E-state index in [1.54, 1.807) is 36.4 Å². The van der Waals surface area contributed by atoms with Crippen molar-refractivity contribution in [3.63, 3.8) is 0 Å². The van der Waals surface area contributed by atoms with Crippen LogP contribution in [0.4, 0.5) is 4.39 Å². The zero-order chi connectivity index (χ0) is 20.1. The fourth-order valence-corrected chi connectivity index (χ4v) is 3.05. The molecule has 1 aromatic heterocycles. The minimum atomic E-state index is -0.314. The highest BCUT2D eigenvalue weighted by atomic mass is 19.1. The van der Waals surface area contributed by atoms with E-state index in [0.717, 1.165) is 24.0 Å². The molecule has 1 N–H and O–H groups in total. The summed E-state index contributed by atoms with van der Waals surface area (Å²) in [5, 5.41) is 2.93. The van der Waals surface area contributed by atoms with Gasteiger partial charge in [-0.1, -0.05) is 12.1 Å². The number of hydrogen-bond donors (Lipinski definition) is 1. The van der Waals surface area contributed by atoms with Crippen LogP contribution in [-0.2, 0) is 6.54 Å². The molecule has 0 fully saturated rings. The topological polar surface area (TPSA) is 56.2 Å². The van der Waals surface area contributed by atoms with Gasteiger partial charge in [-0.15, -0.1) is 0 Å². The van der Waals surface area contributed by atoms with Crippen LogP contribution >= 0.6 is 0 Å². The van der Waals surface area contributed by atoms with E-state index in [4.69, 9.17) is 4.74 Å². The van der Waals surface area contributed by atoms with Crippen molar-refractivity contribution in [3.05, 3.63) is 90.5 Å². The molecule has 0 aliphatic rings. The van der Waals surface area contributed by atoms with Crippen LogP contribution in [0.1, 0.15) is 16.8 Å². The number of imidazole rings is 1. The number of rotatable bonds is 7. The molecule has 0 radical (unpaired) electrons. The molecule has 0 saturated heterocycles. The molecule has 6 heteroatoms. The molecule has 4 aromatic rings. The molecule has 0 bridgehead atoms. The van der Waals surface area contributed by atoms with Crippen molar-refractivity contribution < 1.29 is 13.9 Å². The monoisotopic (exact) mass is 389 g/mol. The third-order valence-corrected chi connectivity index (χ3v) is 4.55. The maximum Gasteiger partial charge on any atom is 0.251 e. The number of carbonyl (C=O) groups excluding carboxylic acids is 1. The molecule has 4 rings (SSSR count). The van der Waals surface area contributed by atoms with Gasteiger partial charge in [0.2, 0.25) is 0 Å². The Labute approximate surface area is 167 Å². The molecule has 0 saturated carbocycles. The average Bonchev–Trinajstić information content (AvgIpc) is 3.16. The summed E-state index contributed by atoms with van der Waals surface area (Å²) in [4.78, 5) is 16.7. The molecule has 146 valence electrons. The Hall–Kier alpha value is -3.67. The van der Waals surface area contributed by atoms with Gasteiger partial charge >= 0.3 is 0 Å². The van der Waals surface area contributed by atoms with Gasteiger partial charge in [-0.05, 0) is 67.1 Å². The largest absolute Gasteiger partial charge is 0.457 e. The molecular weight excluding hydrogens is 369 g/mol. The van der Waals surface area contributed by atoms with Gasteiger partial charge in [0.1, 0.15) is 17.3 Å². The number of nitrogens with one attached hydrogen (secondary N) is 1. The summed E-state index contributed by atoms with van der Waals surface area (Å²) in [6.07, 6.45) is 2.63. The lowest BCUT2D eigenvalue weighted by atomic mass is 10.2. The molecule has 3 aromatic carbocycles. The van der Waals surface area contributed by atoms with E-state index in [2.05, 4.69) is 14.9 Å². The number of nitrogens with zero attached hydrogens (tertiary/aromatic N) is 2. The van der Waals surface area contributed by atoms with Crippen molar-refractivity contribution in [2.45, 2.75) is 13.0 Å². The van der Waals surface area contributed by atoms with Crippen molar-refractivity contribution in [2.24, 2.45) is 0 Å². The highest BCUT2D eigenvalue weighted by Crippen LogP contribution is 2.21. The van der Waals surface area contributed by atoms with Crippen LogP contribution in [0.3, 0.4) is 0 Å². The Kier molecular flexibility index (Phi) is 5.52. The molecule has 0 spiro atoms. The number of halogens is 1. The SMILES string of the molecule is O=C(NCCCn1cnc2ccccc21)c1ccc(Oc2ccc(F)cc2)cc1. The van der Waals surface area contributed by atoms with E-state index in [-0.39, 0.29) is 11.7 Å². The van der Waals surface area contributed by atoms with Crippen molar-refractivity contribution in [1.82, 2.24) is 14.9 Å². The number of benzene rings is 3. The van der Waals surface area contributed by atoms with E-state index in [1.807, 2.05) is 30.6 Å². The van der Waals surface area contributed by atoms with E-state index >= 15 is 0 Å². The first-order chi connectivity index (χ1) is 14.2. The molecule has 1 heterocycles. The number of fused-ring (bicyclic) bond motifs is 1. The lowest BCUT2D eigenvalue weighted by Gasteiger charge is -2.08. The Morgan fingerprint density at radius 3 is 2.41 bits per heavy atom. The van der Waals surface area contributed by atoms with Crippen LogP contribution < -0.4 is 10.1 Å². The standard InChI is InChI=1S/C23H20FN3O2/c24-18-8-12-20(13-9-18)29-19-10-6-17(7-11-19)23(28)25-14-3-15-27-16-26-21-4-1-2-5-22(21)27/h1-2,4-13,16H,3,14-15H2,(H,25,28). The summed E-state index contributed by atoms with van der Waals surface area (Å²) < 4.78 is 20.7. The first-order valence-corrected chi connectivity index (χ1v) is 9.40. The third kappa shape index (κ3) is 4.60. The van der Waals surface area contributed by atoms with Crippen LogP contribution in [0.2, 0.25) is 0 Å². The lowest BCUT2D eigenvalue weighted by molar-refractivity contribution is 0.0953. The van der Waals surface area contributed by atoms with Crippen molar-refractivity contribution in [3.8, 4) is 11.5 Å². The second-order valence-electron chi connectivity index (χ2n) is 6.62. The van der Waals surface area contributed by atoms with Gasteiger partial charge in [0.25, 0.3) is 5.91 Å². The van der Waals surface area contributed by atoms with Crippen LogP contribution in [0.15, 0.2) is 79.1 Å². The Morgan fingerprint density at radius 2 is 1.66 bits per heavy atom. The van der Waals surface area contributed by atoms with Gasteiger partial charge in [0, 0.05) is 18.7 Å². The van der Waals surface area contributed by atoms with E-state index in [9.17, 15) is 9.18 Å². The summed E-state index contributed by atoms with van der Waals surface area (Å²) in [6, 6.07) is 20.6. The zero-order valence-corrected chi connectivity index (χ0v) is 15.7. The summed E-state index contributed by atoms with van der Waals surface area (Å²) >= 11 is 0. The number of aromatic nitrogens is 2. The number of ether oxygens (including phenoxy) is 1. The maximum absolute atomic E-state index is 12.9. The van der Waals surface area contributed by atoms with Gasteiger partial charge in [-0.3, -0.25) is 4.79 Å². The van der Waals surface area contributed by atoms with Gasteiger partial charge in [0.05, 0.1) is 17.4 Å². The van der Waals surface area contributed by atoms with Gasteiger partial charge in [-0.2, -0.15) is 0 Å². The zero-order valence-electron chi connectivity index (χ0n) is 15.7. The molecule has 0 aliphatic heterocycles. The number of para-hydroxylation sites is 2. The van der Waals surface area contributed by atoms with Crippen LogP contribution in [0.5, 0.6) is 11.5 Å². The van der Waals surface area contributed by atoms with Gasteiger partial charge in [-0.25, -0.2) is 9.37 Å². The number of hydrogen-bond acceptors (Lipinski definition) is 3. The summed E-state index contributed by atoms with van der Waals surface area (Å²) in [5.74, 6) is 0.676. The molecule has 1 amide bonds. The van der Waals surface area contributed by atoms with Crippen molar-refractivity contribution >= 4 is 16.9 Å². The Bertz CT molecular complexity index is 1110. The predicted octanol–water partition coefficient (Wildman–Crippen LogP) is 4.79. The molecule has 5 nitrogen and oxygen atoms in total. The first kappa shape index (κ1) is 18.7. The van der Waals surface area contributed by atoms with Crippen LogP contribution in [-0.4, -0.2) is 22.0 Å². The highest BCUT2D eigenvalue weighted by molar-refractivity contribution is 5.94. The molecule has 29 heavy (non-hydrogen) atoms. The minimum Gasteiger partial charge on any atom is -0.457 e. The third-order valence-electron chi connectivity index (χ3n) is 4.55. The summed E-state index contributed by atoms with van der Waals surface area (Å²) in [5.41, 5.74) is 2.62. The predicted molar refractivity (Wildman–Crippen MR) is 110 cm³/mol. The second kappa shape index (κ2) is 8.56. The van der Waals surface area contributed by atoms with Gasteiger partial charge < -0.3 is 14.6 Å². The summed E-state index contributed by atoms with van der Waals surface area (Å²) in [7, 11) is 0. The highest BCUT2D eigenvalue weighted by Gasteiger charge is 2.06. The second-order valence-corrected chi connectivity index (χ2v) is 6.62. The first-order valence-electron chi connectivity index (χ1n) is 9.40. The quantitative estimate of drug-likeness (QED) is 0.463. The molecule has 0 aliphatic carbocycles. The average molecular weight is 389 g/mol. The number of aryl methyl sites for hydroxylation is 1. The number of amides is 1. The van der Waals surface area contributed by atoms with E-state index in [0.29, 0.717) is 23.6 Å². The Morgan fingerprint density at radius 1 is 0.966 bits per heavy atom. The smallest absolute Gasteiger partial charge is 0.251 e. The molecular formula is C23H20FN3O2. The van der Waals surface area contributed by atoms with E-state index in [1.165, 1.54) is 12.1 Å². The maximum atomic E-state index is 12.9. The van der Waals surface area contributed by atoms with Crippen LogP contribution in [0, 0.1) is 5.82 Å². The number of carbonyl (C=O) groups is 1. The fourth-order valence-electron chi connectivity index (χ4n) is 3.05. The van der Waals surface area contributed by atoms with Gasteiger partial charge in [0.15, 0.2) is 0 Å². The summed E-state index contributed by atoms with van der Waals surface area (Å²) in [6.45, 7) is 1.35. The van der Waals surface area contributed by atoms with Crippen molar-refractivity contribution in [1.29, 1.82) is 0 Å². The molecule has 0 atom stereocenters.